The number of carboxylic acids is 1. The maximum Gasteiger partial charge on any atom is 0.335 e. The van der Waals surface area contributed by atoms with Gasteiger partial charge in [-0.3, -0.25) is 0 Å². The van der Waals surface area contributed by atoms with Gasteiger partial charge < -0.3 is 15.3 Å². The smallest absolute Gasteiger partial charge is 0.335 e. The van der Waals surface area contributed by atoms with Crippen molar-refractivity contribution in [2.24, 2.45) is 0 Å². The van der Waals surface area contributed by atoms with Crippen molar-refractivity contribution in [3.63, 3.8) is 0 Å². The van der Waals surface area contributed by atoms with Crippen molar-refractivity contribution in [2.75, 3.05) is 0 Å². The van der Waals surface area contributed by atoms with E-state index in [2.05, 4.69) is 0 Å². The summed E-state index contributed by atoms with van der Waals surface area (Å²) in [6.07, 6.45) is -2.96. The Hall–Kier alpha value is -1.90. The van der Waals surface area contributed by atoms with Gasteiger partial charge >= 0.3 is 5.97 Å². The highest BCUT2D eigenvalue weighted by molar-refractivity contribution is 5.89. The average molecular weight is 221 g/mol. The molecule has 0 aliphatic rings. The first-order chi connectivity index (χ1) is 7.47. The third-order valence-electron chi connectivity index (χ3n) is 2.26. The van der Waals surface area contributed by atoms with Crippen molar-refractivity contribution in [3.05, 3.63) is 34.9 Å². The van der Waals surface area contributed by atoms with E-state index in [1.54, 1.807) is 6.92 Å². The van der Waals surface area contributed by atoms with Gasteiger partial charge in [0.1, 0.15) is 6.10 Å². The summed E-state index contributed by atoms with van der Waals surface area (Å²) in [5.74, 6) is -1.11. The van der Waals surface area contributed by atoms with Gasteiger partial charge in [-0.15, -0.1) is 0 Å². The Morgan fingerprint density at radius 3 is 2.56 bits per heavy atom. The second kappa shape index (κ2) is 4.75. The number of nitriles is 1. The number of hydrogen-bond donors (Lipinski definition) is 3. The Morgan fingerprint density at radius 2 is 2.06 bits per heavy atom. The predicted molar refractivity (Wildman–Crippen MR) is 54.7 cm³/mol. The zero-order chi connectivity index (χ0) is 12.3. The second-order valence-electron chi connectivity index (χ2n) is 3.40. The summed E-state index contributed by atoms with van der Waals surface area (Å²) < 4.78 is 0. The maximum atomic E-state index is 10.8. The summed E-state index contributed by atoms with van der Waals surface area (Å²) in [6.45, 7) is 1.63. The third kappa shape index (κ3) is 2.37. The number of nitrogens with zero attached hydrogens (tertiary/aromatic N) is 1. The SMILES string of the molecule is Cc1ccc(C(O)C(O)C#N)cc1C(=O)O. The van der Waals surface area contributed by atoms with Crippen molar-refractivity contribution in [3.8, 4) is 6.07 Å². The highest BCUT2D eigenvalue weighted by Gasteiger charge is 2.19. The van der Waals surface area contributed by atoms with Crippen molar-refractivity contribution in [2.45, 2.75) is 19.1 Å². The molecule has 5 nitrogen and oxygen atoms in total. The molecule has 0 amide bonds. The number of aliphatic hydroxyl groups excluding tert-OH is 2. The summed E-state index contributed by atoms with van der Waals surface area (Å²) in [5, 5.41) is 35.9. The van der Waals surface area contributed by atoms with Crippen LogP contribution in [0.5, 0.6) is 0 Å². The van der Waals surface area contributed by atoms with Crippen LogP contribution < -0.4 is 0 Å². The van der Waals surface area contributed by atoms with E-state index in [1.165, 1.54) is 24.3 Å². The lowest BCUT2D eigenvalue weighted by Gasteiger charge is -2.13. The van der Waals surface area contributed by atoms with Crippen LogP contribution in [-0.2, 0) is 0 Å². The Morgan fingerprint density at radius 1 is 1.44 bits per heavy atom. The van der Waals surface area contributed by atoms with Gasteiger partial charge in [-0.1, -0.05) is 12.1 Å². The minimum Gasteiger partial charge on any atom is -0.478 e. The summed E-state index contributed by atoms with van der Waals surface area (Å²) in [5.41, 5.74) is 0.800. The lowest BCUT2D eigenvalue weighted by atomic mass is 9.99. The highest BCUT2D eigenvalue weighted by atomic mass is 16.4. The number of benzene rings is 1. The molecule has 16 heavy (non-hydrogen) atoms. The maximum absolute atomic E-state index is 10.8. The van der Waals surface area contributed by atoms with E-state index < -0.39 is 18.2 Å². The molecular weight excluding hydrogens is 210 g/mol. The Labute approximate surface area is 92.2 Å². The lowest BCUT2D eigenvalue weighted by Crippen LogP contribution is -2.16. The molecule has 0 saturated heterocycles. The molecule has 0 aliphatic carbocycles. The van der Waals surface area contributed by atoms with Crippen LogP contribution in [0.1, 0.15) is 27.6 Å². The molecule has 0 spiro atoms. The van der Waals surface area contributed by atoms with Crippen LogP contribution in [0, 0.1) is 18.3 Å². The molecule has 1 aromatic carbocycles. The third-order valence-corrected chi connectivity index (χ3v) is 2.26. The van der Waals surface area contributed by atoms with E-state index in [0.29, 0.717) is 5.56 Å². The number of rotatable bonds is 3. The molecule has 5 heteroatoms. The second-order valence-corrected chi connectivity index (χ2v) is 3.40. The molecule has 1 aromatic rings. The van der Waals surface area contributed by atoms with Crippen molar-refractivity contribution in [1.29, 1.82) is 5.26 Å². The number of carbonyl (C=O) groups is 1. The van der Waals surface area contributed by atoms with E-state index >= 15 is 0 Å². The molecule has 3 N–H and O–H groups in total. The number of aromatic carboxylic acids is 1. The number of aliphatic hydroxyl groups is 2. The standard InChI is InChI=1S/C11H11NO4/c1-6-2-3-7(4-8(6)11(15)16)10(14)9(13)5-12/h2-4,9-10,13-14H,1H3,(H,15,16). The molecule has 1 rings (SSSR count). The average Bonchev–Trinajstić information content (AvgIpc) is 2.27. The summed E-state index contributed by atoms with van der Waals surface area (Å²) >= 11 is 0. The van der Waals surface area contributed by atoms with Gasteiger partial charge in [0.2, 0.25) is 0 Å². The zero-order valence-electron chi connectivity index (χ0n) is 8.58. The summed E-state index contributed by atoms with van der Waals surface area (Å²) in [7, 11) is 0. The molecule has 84 valence electrons. The fourth-order valence-corrected chi connectivity index (χ4v) is 1.31. The monoisotopic (exact) mass is 221 g/mol. The lowest BCUT2D eigenvalue weighted by molar-refractivity contribution is 0.0525. The normalized spacial score (nSPS) is 13.9. The van der Waals surface area contributed by atoms with Gasteiger partial charge in [-0.05, 0) is 24.1 Å². The van der Waals surface area contributed by atoms with Crippen molar-refractivity contribution < 1.29 is 20.1 Å². The highest BCUT2D eigenvalue weighted by Crippen LogP contribution is 2.20. The van der Waals surface area contributed by atoms with Gasteiger partial charge in [0, 0.05) is 0 Å². The largest absolute Gasteiger partial charge is 0.478 e. The van der Waals surface area contributed by atoms with Crippen LogP contribution in [-0.4, -0.2) is 27.4 Å². The van der Waals surface area contributed by atoms with Gasteiger partial charge in [0.25, 0.3) is 0 Å². The topological polar surface area (TPSA) is 102 Å². The van der Waals surface area contributed by atoms with E-state index in [1.807, 2.05) is 0 Å². The van der Waals surface area contributed by atoms with E-state index in [4.69, 9.17) is 15.5 Å². The first kappa shape index (κ1) is 12.2. The molecule has 0 radical (unpaired) electrons. The Balaban J connectivity index is 3.13. The molecule has 2 atom stereocenters. The van der Waals surface area contributed by atoms with Crippen LogP contribution in [0.15, 0.2) is 18.2 Å². The molecule has 2 unspecified atom stereocenters. The Bertz CT molecular complexity index is 450. The zero-order valence-corrected chi connectivity index (χ0v) is 8.58. The first-order valence-electron chi connectivity index (χ1n) is 4.57. The molecular formula is C11H11NO4. The fourth-order valence-electron chi connectivity index (χ4n) is 1.31. The first-order valence-corrected chi connectivity index (χ1v) is 4.57. The molecule has 0 aliphatic heterocycles. The van der Waals surface area contributed by atoms with Crippen LogP contribution in [0.25, 0.3) is 0 Å². The number of aryl methyl sites for hydroxylation is 1. The van der Waals surface area contributed by atoms with Gasteiger partial charge in [-0.25, -0.2) is 4.79 Å². The predicted octanol–water partition coefficient (Wildman–Crippen LogP) is 0.611. The molecule has 0 fully saturated rings. The summed E-state index contributed by atoms with van der Waals surface area (Å²) in [4.78, 5) is 10.8. The van der Waals surface area contributed by atoms with Gasteiger partial charge in [-0.2, -0.15) is 5.26 Å². The minimum atomic E-state index is -1.57. The summed E-state index contributed by atoms with van der Waals surface area (Å²) in [6, 6.07) is 5.74. The van der Waals surface area contributed by atoms with Crippen LogP contribution >= 0.6 is 0 Å². The molecule has 0 heterocycles. The van der Waals surface area contributed by atoms with E-state index in [0.717, 1.165) is 0 Å². The molecule has 0 bridgehead atoms. The van der Waals surface area contributed by atoms with Gasteiger partial charge in [0.15, 0.2) is 6.10 Å². The Kier molecular flexibility index (Phi) is 3.61. The quantitative estimate of drug-likeness (QED) is 0.649. The van der Waals surface area contributed by atoms with E-state index in [9.17, 15) is 9.90 Å². The number of hydrogen-bond acceptors (Lipinski definition) is 4. The van der Waals surface area contributed by atoms with Crippen molar-refractivity contribution >= 4 is 5.97 Å². The molecule has 0 aromatic heterocycles. The van der Waals surface area contributed by atoms with Gasteiger partial charge in [0.05, 0.1) is 11.6 Å². The fraction of sp³-hybridized carbons (Fsp3) is 0.273. The van der Waals surface area contributed by atoms with Crippen molar-refractivity contribution in [1.82, 2.24) is 0 Å². The van der Waals surface area contributed by atoms with E-state index in [-0.39, 0.29) is 11.1 Å². The molecule has 0 saturated carbocycles. The van der Waals surface area contributed by atoms with Crippen LogP contribution in [0.4, 0.5) is 0 Å². The van der Waals surface area contributed by atoms with Crippen LogP contribution in [0.2, 0.25) is 0 Å². The minimum absolute atomic E-state index is 0.0432. The van der Waals surface area contributed by atoms with Crippen LogP contribution in [0.3, 0.4) is 0 Å². The number of carboxylic acid groups (broad SMARTS) is 1.